The third-order valence-corrected chi connectivity index (χ3v) is 1.90. The molecule has 2 aromatic rings. The van der Waals surface area contributed by atoms with Crippen LogP contribution < -0.4 is 5.73 Å². The summed E-state index contributed by atoms with van der Waals surface area (Å²) in [6.07, 6.45) is 1.85. The number of hydrogen-bond donors (Lipinski definition) is 1. The number of benzene rings is 1. The van der Waals surface area contributed by atoms with E-state index in [2.05, 4.69) is 5.10 Å². The van der Waals surface area contributed by atoms with Crippen molar-refractivity contribution in [1.29, 1.82) is 0 Å². The quantitative estimate of drug-likeness (QED) is 0.692. The van der Waals surface area contributed by atoms with E-state index in [0.717, 1.165) is 10.9 Å². The van der Waals surface area contributed by atoms with Gasteiger partial charge in [0.25, 0.3) is 0 Å². The van der Waals surface area contributed by atoms with Gasteiger partial charge in [-0.15, -0.1) is 0 Å². The van der Waals surface area contributed by atoms with Crippen molar-refractivity contribution in [3.05, 3.63) is 30.0 Å². The van der Waals surface area contributed by atoms with Crippen LogP contribution in [0.1, 0.15) is 10.4 Å². The maximum atomic E-state index is 10.8. The highest BCUT2D eigenvalue weighted by Gasteiger charge is 2.03. The van der Waals surface area contributed by atoms with E-state index in [1.165, 1.54) is 0 Å². The Morgan fingerprint density at radius 2 is 2.31 bits per heavy atom. The second kappa shape index (κ2) is 2.58. The topological polar surface area (TPSA) is 60.9 Å². The smallest absolute Gasteiger partial charge is 0.248 e. The molecule has 66 valence electrons. The Labute approximate surface area is 75.0 Å². The summed E-state index contributed by atoms with van der Waals surface area (Å²) in [5.74, 6) is -0.411. The SMILES string of the molecule is Cn1cc2cc(C(N)=O)ccc2n1. The molecule has 0 bridgehead atoms. The van der Waals surface area contributed by atoms with Gasteiger partial charge in [0.1, 0.15) is 0 Å². The summed E-state index contributed by atoms with van der Waals surface area (Å²) < 4.78 is 1.70. The first-order chi connectivity index (χ1) is 6.16. The van der Waals surface area contributed by atoms with Crippen LogP contribution >= 0.6 is 0 Å². The van der Waals surface area contributed by atoms with Gasteiger partial charge in [-0.1, -0.05) is 0 Å². The molecule has 4 nitrogen and oxygen atoms in total. The molecule has 0 radical (unpaired) electrons. The highest BCUT2D eigenvalue weighted by atomic mass is 16.1. The number of amides is 1. The summed E-state index contributed by atoms with van der Waals surface area (Å²) in [6.45, 7) is 0. The molecule has 1 amide bonds. The Balaban J connectivity index is 2.67. The van der Waals surface area contributed by atoms with E-state index in [0.29, 0.717) is 5.56 Å². The second-order valence-corrected chi connectivity index (χ2v) is 2.94. The molecule has 4 heteroatoms. The van der Waals surface area contributed by atoms with Gasteiger partial charge in [-0.3, -0.25) is 9.48 Å². The van der Waals surface area contributed by atoms with Crippen molar-refractivity contribution in [2.45, 2.75) is 0 Å². The van der Waals surface area contributed by atoms with Gasteiger partial charge in [0.05, 0.1) is 5.52 Å². The Bertz CT molecular complexity index is 473. The minimum Gasteiger partial charge on any atom is -0.366 e. The molecule has 0 saturated heterocycles. The number of rotatable bonds is 1. The highest BCUT2D eigenvalue weighted by Crippen LogP contribution is 2.13. The molecule has 0 atom stereocenters. The van der Waals surface area contributed by atoms with Crippen molar-refractivity contribution in [2.24, 2.45) is 12.8 Å². The molecule has 0 spiro atoms. The van der Waals surface area contributed by atoms with Crippen molar-refractivity contribution >= 4 is 16.8 Å². The largest absolute Gasteiger partial charge is 0.366 e. The molecule has 1 heterocycles. The van der Waals surface area contributed by atoms with Crippen molar-refractivity contribution in [2.75, 3.05) is 0 Å². The van der Waals surface area contributed by atoms with Crippen molar-refractivity contribution in [3.8, 4) is 0 Å². The third-order valence-electron chi connectivity index (χ3n) is 1.90. The zero-order valence-corrected chi connectivity index (χ0v) is 7.19. The monoisotopic (exact) mass is 175 g/mol. The number of primary amides is 1. The molecular formula is C9H9N3O. The normalized spacial score (nSPS) is 10.5. The first kappa shape index (κ1) is 7.79. The Morgan fingerprint density at radius 3 is 3.00 bits per heavy atom. The number of nitrogens with zero attached hydrogens (tertiary/aromatic N) is 2. The number of carbonyl (C=O) groups excluding carboxylic acids is 1. The summed E-state index contributed by atoms with van der Waals surface area (Å²) in [6, 6.07) is 5.21. The van der Waals surface area contributed by atoms with Gasteiger partial charge < -0.3 is 5.73 Å². The van der Waals surface area contributed by atoms with Crippen LogP contribution in [0.25, 0.3) is 10.9 Å². The number of aryl methyl sites for hydroxylation is 1. The van der Waals surface area contributed by atoms with Crippen LogP contribution in [0.2, 0.25) is 0 Å². The van der Waals surface area contributed by atoms with Gasteiger partial charge >= 0.3 is 0 Å². The second-order valence-electron chi connectivity index (χ2n) is 2.94. The van der Waals surface area contributed by atoms with Crippen LogP contribution in [0.5, 0.6) is 0 Å². The third kappa shape index (κ3) is 1.26. The average molecular weight is 175 g/mol. The first-order valence-corrected chi connectivity index (χ1v) is 3.90. The molecule has 0 fully saturated rings. The summed E-state index contributed by atoms with van der Waals surface area (Å²) in [5, 5.41) is 5.11. The minimum atomic E-state index is -0.411. The zero-order valence-electron chi connectivity index (χ0n) is 7.19. The standard InChI is InChI=1S/C9H9N3O/c1-12-5-7-4-6(9(10)13)2-3-8(7)11-12/h2-5H,1H3,(H2,10,13). The molecular weight excluding hydrogens is 166 g/mol. The van der Waals surface area contributed by atoms with E-state index in [4.69, 9.17) is 5.73 Å². The number of fused-ring (bicyclic) bond motifs is 1. The number of nitrogens with two attached hydrogens (primary N) is 1. The van der Waals surface area contributed by atoms with Gasteiger partial charge in [0.2, 0.25) is 5.91 Å². The lowest BCUT2D eigenvalue weighted by atomic mass is 10.1. The number of hydrogen-bond acceptors (Lipinski definition) is 2. The van der Waals surface area contributed by atoms with E-state index < -0.39 is 5.91 Å². The van der Waals surface area contributed by atoms with Crippen LogP contribution in [-0.4, -0.2) is 15.7 Å². The van der Waals surface area contributed by atoms with Crippen LogP contribution in [-0.2, 0) is 7.05 Å². The minimum absolute atomic E-state index is 0.411. The van der Waals surface area contributed by atoms with Crippen LogP contribution in [0.4, 0.5) is 0 Å². The summed E-state index contributed by atoms with van der Waals surface area (Å²) in [5.41, 5.74) is 6.53. The van der Waals surface area contributed by atoms with Crippen LogP contribution in [0.15, 0.2) is 24.4 Å². The predicted molar refractivity (Wildman–Crippen MR) is 49.2 cm³/mol. The van der Waals surface area contributed by atoms with Gasteiger partial charge in [-0.25, -0.2) is 0 Å². The Kier molecular flexibility index (Phi) is 1.55. The predicted octanol–water partition coefficient (Wildman–Crippen LogP) is 0.672. The summed E-state index contributed by atoms with van der Waals surface area (Å²) in [7, 11) is 1.84. The maximum absolute atomic E-state index is 10.8. The molecule has 0 aliphatic carbocycles. The molecule has 13 heavy (non-hydrogen) atoms. The van der Waals surface area contributed by atoms with E-state index in [1.54, 1.807) is 22.9 Å². The molecule has 1 aromatic carbocycles. The maximum Gasteiger partial charge on any atom is 0.248 e. The molecule has 2 rings (SSSR count). The van der Waals surface area contributed by atoms with Gasteiger partial charge in [0.15, 0.2) is 0 Å². The number of aromatic nitrogens is 2. The van der Waals surface area contributed by atoms with E-state index in [9.17, 15) is 4.79 Å². The fraction of sp³-hybridized carbons (Fsp3) is 0.111. The fourth-order valence-corrected chi connectivity index (χ4v) is 1.30. The lowest BCUT2D eigenvalue weighted by molar-refractivity contribution is 0.100. The molecule has 0 aliphatic heterocycles. The Morgan fingerprint density at radius 1 is 1.54 bits per heavy atom. The van der Waals surface area contributed by atoms with Gasteiger partial charge in [-0.2, -0.15) is 5.10 Å². The van der Waals surface area contributed by atoms with E-state index in [1.807, 2.05) is 13.2 Å². The van der Waals surface area contributed by atoms with Crippen molar-refractivity contribution < 1.29 is 4.79 Å². The van der Waals surface area contributed by atoms with E-state index in [-0.39, 0.29) is 0 Å². The summed E-state index contributed by atoms with van der Waals surface area (Å²) >= 11 is 0. The van der Waals surface area contributed by atoms with Crippen LogP contribution in [0.3, 0.4) is 0 Å². The molecule has 0 aliphatic rings. The number of carbonyl (C=O) groups is 1. The summed E-state index contributed by atoms with van der Waals surface area (Å²) in [4.78, 5) is 10.8. The zero-order chi connectivity index (χ0) is 9.42. The molecule has 1 aromatic heterocycles. The fourth-order valence-electron chi connectivity index (χ4n) is 1.30. The lowest BCUT2D eigenvalue weighted by Gasteiger charge is -1.92. The Hall–Kier alpha value is -1.84. The van der Waals surface area contributed by atoms with Gasteiger partial charge in [0, 0.05) is 24.2 Å². The van der Waals surface area contributed by atoms with Crippen molar-refractivity contribution in [3.63, 3.8) is 0 Å². The molecule has 2 N–H and O–H groups in total. The molecule has 0 unspecified atom stereocenters. The van der Waals surface area contributed by atoms with Gasteiger partial charge in [-0.05, 0) is 18.2 Å². The molecule has 0 saturated carbocycles. The first-order valence-electron chi connectivity index (χ1n) is 3.90. The average Bonchev–Trinajstić information content (AvgIpc) is 2.42. The van der Waals surface area contributed by atoms with Crippen molar-refractivity contribution in [1.82, 2.24) is 9.78 Å². The lowest BCUT2D eigenvalue weighted by Crippen LogP contribution is -2.10. The van der Waals surface area contributed by atoms with E-state index >= 15 is 0 Å². The highest BCUT2D eigenvalue weighted by molar-refractivity contribution is 5.96. The van der Waals surface area contributed by atoms with Crippen LogP contribution in [0, 0.1) is 0 Å².